The number of benzene rings is 4. The normalized spacial score (nSPS) is 11.2. The van der Waals surface area contributed by atoms with Gasteiger partial charge >= 0.3 is 0 Å². The zero-order valence-corrected chi connectivity index (χ0v) is 15.4. The number of fused-ring (bicyclic) bond motifs is 1. The number of hydrogen-bond acceptors (Lipinski definition) is 2. The van der Waals surface area contributed by atoms with Crippen LogP contribution >= 0.6 is 0 Å². The molecule has 4 aromatic carbocycles. The molecule has 0 atom stereocenters. The summed E-state index contributed by atoms with van der Waals surface area (Å²) in [5, 5.41) is 11.9. The first kappa shape index (κ1) is 17.6. The number of allylic oxidation sites excluding steroid dienone is 1. The summed E-state index contributed by atoms with van der Waals surface area (Å²) in [6.45, 7) is 0.498. The second-order valence-corrected chi connectivity index (χ2v) is 6.54. The molecule has 0 bridgehead atoms. The van der Waals surface area contributed by atoms with Gasteiger partial charge < -0.3 is 4.74 Å². The van der Waals surface area contributed by atoms with Crippen LogP contribution in [0.15, 0.2) is 97.1 Å². The van der Waals surface area contributed by atoms with Crippen molar-refractivity contribution in [2.24, 2.45) is 0 Å². The average molecular weight is 361 g/mol. The van der Waals surface area contributed by atoms with E-state index < -0.39 is 0 Å². The van der Waals surface area contributed by atoms with Crippen LogP contribution in [0.1, 0.15) is 16.7 Å². The van der Waals surface area contributed by atoms with Crippen molar-refractivity contribution in [1.82, 2.24) is 0 Å². The van der Waals surface area contributed by atoms with E-state index in [-0.39, 0.29) is 0 Å². The third-order valence-corrected chi connectivity index (χ3v) is 4.65. The van der Waals surface area contributed by atoms with Gasteiger partial charge in [-0.2, -0.15) is 5.26 Å². The first-order chi connectivity index (χ1) is 13.8. The highest BCUT2D eigenvalue weighted by molar-refractivity contribution is 5.89. The number of nitrogens with zero attached hydrogens (tertiary/aromatic N) is 1. The Bertz CT molecular complexity index is 1160. The van der Waals surface area contributed by atoms with E-state index in [0.29, 0.717) is 12.2 Å². The molecule has 0 amide bonds. The zero-order chi connectivity index (χ0) is 19.2. The highest BCUT2D eigenvalue weighted by Crippen LogP contribution is 2.23. The predicted octanol–water partition coefficient (Wildman–Crippen LogP) is 6.48. The maximum atomic E-state index is 9.51. The fourth-order valence-corrected chi connectivity index (χ4v) is 3.24. The maximum absolute atomic E-state index is 9.51. The van der Waals surface area contributed by atoms with Gasteiger partial charge in [-0.05, 0) is 45.7 Å². The fraction of sp³-hybridized carbons (Fsp3) is 0.0385. The minimum absolute atomic E-state index is 0.498. The molecule has 2 heteroatoms. The SMILES string of the molecule is N#C/C(=C/c1cccc(OCc2cccc3ccccc23)c1)c1ccccc1. The summed E-state index contributed by atoms with van der Waals surface area (Å²) in [4.78, 5) is 0. The van der Waals surface area contributed by atoms with Crippen molar-refractivity contribution in [3.8, 4) is 11.8 Å². The van der Waals surface area contributed by atoms with Gasteiger partial charge in [-0.1, -0.05) is 84.9 Å². The van der Waals surface area contributed by atoms with Crippen molar-refractivity contribution in [3.05, 3.63) is 114 Å². The van der Waals surface area contributed by atoms with Crippen LogP contribution in [0.4, 0.5) is 0 Å². The number of hydrogen-bond donors (Lipinski definition) is 0. The Morgan fingerprint density at radius 1 is 0.821 bits per heavy atom. The smallest absolute Gasteiger partial charge is 0.120 e. The summed E-state index contributed by atoms with van der Waals surface area (Å²) in [7, 11) is 0. The van der Waals surface area contributed by atoms with E-state index in [0.717, 1.165) is 22.4 Å². The quantitative estimate of drug-likeness (QED) is 0.301. The molecular formula is C26H19NO. The Kier molecular flexibility index (Phi) is 5.17. The lowest BCUT2D eigenvalue weighted by Gasteiger charge is -2.10. The lowest BCUT2D eigenvalue weighted by Crippen LogP contribution is -1.96. The summed E-state index contributed by atoms with van der Waals surface area (Å²) in [6, 6.07) is 34.4. The molecule has 0 aliphatic heterocycles. The monoisotopic (exact) mass is 361 g/mol. The van der Waals surface area contributed by atoms with Gasteiger partial charge in [-0.15, -0.1) is 0 Å². The van der Waals surface area contributed by atoms with Gasteiger partial charge in [-0.25, -0.2) is 0 Å². The molecule has 2 nitrogen and oxygen atoms in total. The van der Waals surface area contributed by atoms with E-state index in [9.17, 15) is 5.26 Å². The molecule has 0 aliphatic carbocycles. The molecule has 4 rings (SSSR count). The topological polar surface area (TPSA) is 33.0 Å². The van der Waals surface area contributed by atoms with Gasteiger partial charge in [0.2, 0.25) is 0 Å². The van der Waals surface area contributed by atoms with Crippen molar-refractivity contribution >= 4 is 22.4 Å². The van der Waals surface area contributed by atoms with Gasteiger partial charge in [0.15, 0.2) is 0 Å². The van der Waals surface area contributed by atoms with E-state index in [1.54, 1.807) is 0 Å². The summed E-state index contributed by atoms with van der Waals surface area (Å²) >= 11 is 0. The second kappa shape index (κ2) is 8.24. The van der Waals surface area contributed by atoms with Crippen LogP contribution in [0.2, 0.25) is 0 Å². The molecule has 0 saturated carbocycles. The Morgan fingerprint density at radius 3 is 2.43 bits per heavy atom. The Morgan fingerprint density at radius 2 is 1.57 bits per heavy atom. The van der Waals surface area contributed by atoms with Gasteiger partial charge in [0, 0.05) is 0 Å². The van der Waals surface area contributed by atoms with Crippen LogP contribution in [0.25, 0.3) is 22.4 Å². The Hall–Kier alpha value is -3.83. The minimum atomic E-state index is 0.498. The van der Waals surface area contributed by atoms with E-state index in [4.69, 9.17) is 4.74 Å². The molecule has 4 aromatic rings. The number of nitriles is 1. The molecular weight excluding hydrogens is 342 g/mol. The fourth-order valence-electron chi connectivity index (χ4n) is 3.24. The molecule has 0 spiro atoms. The van der Waals surface area contributed by atoms with Gasteiger partial charge in [0.25, 0.3) is 0 Å². The molecule has 0 N–H and O–H groups in total. The molecule has 0 aromatic heterocycles. The van der Waals surface area contributed by atoms with Gasteiger partial charge in [0.1, 0.15) is 12.4 Å². The van der Waals surface area contributed by atoms with Crippen LogP contribution in [0, 0.1) is 11.3 Å². The largest absolute Gasteiger partial charge is 0.489 e. The number of rotatable bonds is 5. The molecule has 28 heavy (non-hydrogen) atoms. The predicted molar refractivity (Wildman–Crippen MR) is 115 cm³/mol. The van der Waals surface area contributed by atoms with Gasteiger partial charge in [-0.3, -0.25) is 0 Å². The summed E-state index contributed by atoms with van der Waals surface area (Å²) in [6.07, 6.45) is 1.89. The summed E-state index contributed by atoms with van der Waals surface area (Å²) in [5.74, 6) is 0.784. The third kappa shape index (κ3) is 3.95. The minimum Gasteiger partial charge on any atom is -0.489 e. The Balaban J connectivity index is 1.56. The Labute approximate surface area is 165 Å². The highest BCUT2D eigenvalue weighted by atomic mass is 16.5. The average Bonchev–Trinajstić information content (AvgIpc) is 2.77. The first-order valence-electron chi connectivity index (χ1n) is 9.20. The lowest BCUT2D eigenvalue weighted by molar-refractivity contribution is 0.307. The summed E-state index contributed by atoms with van der Waals surface area (Å²) < 4.78 is 6.05. The van der Waals surface area contributed by atoms with Crippen molar-refractivity contribution in [3.63, 3.8) is 0 Å². The standard InChI is InChI=1S/C26H19NO/c27-18-24(21-9-2-1-3-10-21)16-20-8-6-14-25(17-20)28-19-23-13-7-12-22-11-4-5-15-26(22)23/h1-17H,19H2/b24-16-. The van der Waals surface area contributed by atoms with Crippen molar-refractivity contribution in [2.75, 3.05) is 0 Å². The molecule has 0 aliphatic rings. The van der Waals surface area contributed by atoms with Crippen molar-refractivity contribution < 1.29 is 4.74 Å². The third-order valence-electron chi connectivity index (χ3n) is 4.65. The highest BCUT2D eigenvalue weighted by Gasteiger charge is 2.04. The molecule has 0 saturated heterocycles. The molecule has 0 heterocycles. The van der Waals surface area contributed by atoms with Crippen LogP contribution < -0.4 is 4.74 Å². The summed E-state index contributed by atoms with van der Waals surface area (Å²) in [5.41, 5.74) is 3.63. The molecule has 0 unspecified atom stereocenters. The van der Waals surface area contributed by atoms with Crippen LogP contribution in [-0.2, 0) is 6.61 Å². The lowest BCUT2D eigenvalue weighted by atomic mass is 10.0. The van der Waals surface area contributed by atoms with Crippen molar-refractivity contribution in [2.45, 2.75) is 6.61 Å². The van der Waals surface area contributed by atoms with E-state index in [1.165, 1.54) is 10.8 Å². The van der Waals surface area contributed by atoms with E-state index in [1.807, 2.05) is 72.8 Å². The molecule has 0 radical (unpaired) electrons. The van der Waals surface area contributed by atoms with Crippen LogP contribution in [0.3, 0.4) is 0 Å². The van der Waals surface area contributed by atoms with Gasteiger partial charge in [0.05, 0.1) is 11.6 Å². The second-order valence-electron chi connectivity index (χ2n) is 6.54. The maximum Gasteiger partial charge on any atom is 0.120 e. The molecule has 0 fully saturated rings. The van der Waals surface area contributed by atoms with E-state index in [2.05, 4.69) is 36.4 Å². The van der Waals surface area contributed by atoms with E-state index >= 15 is 0 Å². The number of ether oxygens (including phenoxy) is 1. The molecule has 134 valence electrons. The van der Waals surface area contributed by atoms with Crippen molar-refractivity contribution in [1.29, 1.82) is 5.26 Å². The first-order valence-corrected chi connectivity index (χ1v) is 9.20. The van der Waals surface area contributed by atoms with Crippen LogP contribution in [0.5, 0.6) is 5.75 Å². The zero-order valence-electron chi connectivity index (χ0n) is 15.4. The van der Waals surface area contributed by atoms with Crippen LogP contribution in [-0.4, -0.2) is 0 Å².